The zero-order chi connectivity index (χ0) is 23.9. The van der Waals surface area contributed by atoms with Crippen LogP contribution in [0.15, 0.2) is 54.6 Å². The molecular formula is C27H35NO3Si. The average Bonchev–Trinajstić information content (AvgIpc) is 2.76. The third-order valence-corrected chi connectivity index (χ3v) is 11.1. The highest BCUT2D eigenvalue weighted by Crippen LogP contribution is 2.36. The first kappa shape index (κ1) is 25.4. The van der Waals surface area contributed by atoms with Crippen LogP contribution in [0.5, 0.6) is 5.75 Å². The molecule has 5 heteroatoms. The van der Waals surface area contributed by atoms with Crippen LogP contribution in [0.4, 0.5) is 0 Å². The van der Waals surface area contributed by atoms with Crippen molar-refractivity contribution in [1.82, 2.24) is 0 Å². The number of hydrogen-bond acceptors (Lipinski definition) is 4. The molecule has 32 heavy (non-hydrogen) atoms. The molecule has 0 fully saturated rings. The van der Waals surface area contributed by atoms with Crippen LogP contribution < -0.4 is 9.61 Å². The first-order chi connectivity index (χ1) is 15.1. The maximum absolute atomic E-state index is 11.7. The maximum Gasteiger partial charge on any atom is 0.330 e. The summed E-state index contributed by atoms with van der Waals surface area (Å²) in [6, 6.07) is 18.6. The van der Waals surface area contributed by atoms with E-state index >= 15 is 0 Å². The second kappa shape index (κ2) is 10.6. The lowest BCUT2D eigenvalue weighted by atomic mass is 9.86. The Morgan fingerprint density at radius 2 is 1.75 bits per heavy atom. The van der Waals surface area contributed by atoms with Crippen molar-refractivity contribution in [2.45, 2.75) is 65.0 Å². The highest BCUT2D eigenvalue weighted by atomic mass is 28.4. The van der Waals surface area contributed by atoms with Gasteiger partial charge in [0.05, 0.1) is 18.1 Å². The predicted octanol–water partition coefficient (Wildman–Crippen LogP) is 6.12. The Morgan fingerprint density at radius 1 is 1.09 bits per heavy atom. The number of ether oxygens (including phenoxy) is 1. The molecule has 0 bridgehead atoms. The van der Waals surface area contributed by atoms with Crippen molar-refractivity contribution in [2.75, 3.05) is 6.61 Å². The fourth-order valence-electron chi connectivity index (χ4n) is 4.07. The van der Waals surface area contributed by atoms with E-state index in [9.17, 15) is 10.1 Å². The van der Waals surface area contributed by atoms with Crippen molar-refractivity contribution >= 4 is 25.5 Å². The molecule has 2 aromatic carbocycles. The Balaban J connectivity index is 2.51. The molecule has 0 spiro atoms. The monoisotopic (exact) mass is 449 g/mol. The van der Waals surface area contributed by atoms with E-state index in [0.717, 1.165) is 16.9 Å². The van der Waals surface area contributed by atoms with E-state index in [1.807, 2.05) is 50.2 Å². The van der Waals surface area contributed by atoms with Gasteiger partial charge in [-0.3, -0.25) is 0 Å². The molecule has 0 saturated carbocycles. The SMILES string of the molecule is CCOC(=O)/C=C/c1cccc(O[Si](c2cccc(C(C)(C)C#N)c2)(C(C)C)C(C)C)c1. The molecule has 0 aliphatic carbocycles. The zero-order valence-electron chi connectivity index (χ0n) is 20.3. The van der Waals surface area contributed by atoms with Crippen LogP contribution in [-0.2, 0) is 14.9 Å². The second-order valence-corrected chi connectivity index (χ2v) is 13.9. The molecule has 0 atom stereocenters. The van der Waals surface area contributed by atoms with Crippen molar-refractivity contribution in [2.24, 2.45) is 0 Å². The van der Waals surface area contributed by atoms with E-state index in [1.165, 1.54) is 11.3 Å². The van der Waals surface area contributed by atoms with Crippen LogP contribution in [0.1, 0.15) is 59.6 Å². The quantitative estimate of drug-likeness (QED) is 0.263. The topological polar surface area (TPSA) is 59.3 Å². The molecule has 0 unspecified atom stereocenters. The molecule has 0 amide bonds. The highest BCUT2D eigenvalue weighted by molar-refractivity contribution is 6.89. The third-order valence-electron chi connectivity index (χ3n) is 5.87. The largest absolute Gasteiger partial charge is 0.538 e. The number of nitrogens with zero attached hydrogens (tertiary/aromatic N) is 1. The lowest BCUT2D eigenvalue weighted by Crippen LogP contribution is -2.58. The number of esters is 1. The summed E-state index contributed by atoms with van der Waals surface area (Å²) in [5, 5.41) is 10.8. The van der Waals surface area contributed by atoms with E-state index in [0.29, 0.717) is 17.7 Å². The van der Waals surface area contributed by atoms with Crippen LogP contribution >= 0.6 is 0 Å². The number of benzene rings is 2. The summed E-state index contributed by atoms with van der Waals surface area (Å²) in [5.41, 5.74) is 1.93. The molecule has 2 rings (SSSR count). The Hall–Kier alpha value is -2.84. The molecule has 4 nitrogen and oxygen atoms in total. The minimum absolute atomic E-state index is 0.307. The second-order valence-electron chi connectivity index (χ2n) is 9.18. The van der Waals surface area contributed by atoms with Gasteiger partial charge in [-0.25, -0.2) is 4.79 Å². The first-order valence-electron chi connectivity index (χ1n) is 11.2. The van der Waals surface area contributed by atoms with E-state index in [2.05, 4.69) is 45.9 Å². The highest BCUT2D eigenvalue weighted by Gasteiger charge is 2.46. The van der Waals surface area contributed by atoms with Crippen LogP contribution in [-0.4, -0.2) is 20.9 Å². The molecule has 0 aliphatic rings. The van der Waals surface area contributed by atoms with Gasteiger partial charge >= 0.3 is 5.97 Å². The molecule has 0 saturated heterocycles. The summed E-state index contributed by atoms with van der Waals surface area (Å²) in [7, 11) is -2.50. The number of nitriles is 1. The van der Waals surface area contributed by atoms with Gasteiger partial charge in [0.25, 0.3) is 8.32 Å². The third kappa shape index (κ3) is 5.69. The van der Waals surface area contributed by atoms with Crippen LogP contribution in [0.25, 0.3) is 6.08 Å². The Kier molecular flexibility index (Phi) is 8.46. The van der Waals surface area contributed by atoms with Gasteiger partial charge in [0.2, 0.25) is 0 Å². The average molecular weight is 450 g/mol. The minimum Gasteiger partial charge on any atom is -0.538 e. The Morgan fingerprint density at radius 3 is 2.34 bits per heavy atom. The summed E-state index contributed by atoms with van der Waals surface area (Å²) in [6.07, 6.45) is 3.18. The number of hydrogen-bond donors (Lipinski definition) is 0. The lowest BCUT2D eigenvalue weighted by Gasteiger charge is -2.40. The van der Waals surface area contributed by atoms with E-state index in [1.54, 1.807) is 13.0 Å². The Labute approximate surface area is 194 Å². The minimum atomic E-state index is -2.50. The summed E-state index contributed by atoms with van der Waals surface area (Å²) in [6.45, 7) is 14.9. The van der Waals surface area contributed by atoms with Crippen LogP contribution in [0.2, 0.25) is 11.1 Å². The summed E-state index contributed by atoms with van der Waals surface area (Å²) in [4.78, 5) is 11.7. The number of rotatable bonds is 9. The van der Waals surface area contributed by atoms with Crippen molar-refractivity contribution in [3.8, 4) is 11.8 Å². The molecule has 2 aromatic rings. The number of carbonyl (C=O) groups excluding carboxylic acids is 1. The molecular weight excluding hydrogens is 414 g/mol. The first-order valence-corrected chi connectivity index (χ1v) is 13.3. The molecule has 0 heterocycles. The number of carbonyl (C=O) groups is 1. The Bertz CT molecular complexity index is 994. The molecule has 0 aromatic heterocycles. The fourth-order valence-corrected chi connectivity index (χ4v) is 8.59. The van der Waals surface area contributed by atoms with Crippen molar-refractivity contribution in [3.05, 3.63) is 65.7 Å². The lowest BCUT2D eigenvalue weighted by molar-refractivity contribution is -0.137. The van der Waals surface area contributed by atoms with E-state index < -0.39 is 13.7 Å². The standard InChI is InChI=1S/C27H35NO3Si/c1-8-30-26(29)16-15-22-11-9-13-24(17-22)31-32(20(2)3,21(4)5)25-14-10-12-23(18-25)27(6,7)19-28/h9-18,20-21H,8H2,1-7H3/b16-15+. The smallest absolute Gasteiger partial charge is 0.330 e. The van der Waals surface area contributed by atoms with Crippen molar-refractivity contribution in [1.29, 1.82) is 5.26 Å². The molecule has 0 aliphatic heterocycles. The van der Waals surface area contributed by atoms with Crippen LogP contribution in [0.3, 0.4) is 0 Å². The molecule has 0 N–H and O–H groups in total. The van der Waals surface area contributed by atoms with Gasteiger partial charge < -0.3 is 9.16 Å². The van der Waals surface area contributed by atoms with Crippen LogP contribution in [0, 0.1) is 11.3 Å². The van der Waals surface area contributed by atoms with Gasteiger partial charge in [-0.2, -0.15) is 5.26 Å². The normalized spacial score (nSPS) is 12.2. The van der Waals surface area contributed by atoms with Crippen molar-refractivity contribution in [3.63, 3.8) is 0 Å². The van der Waals surface area contributed by atoms with Gasteiger partial charge in [-0.05, 0) is 66.4 Å². The van der Waals surface area contributed by atoms with Gasteiger partial charge in [-0.15, -0.1) is 0 Å². The van der Waals surface area contributed by atoms with Gasteiger partial charge in [-0.1, -0.05) is 64.1 Å². The summed E-state index contributed by atoms with van der Waals surface area (Å²) in [5.74, 6) is 0.429. The zero-order valence-corrected chi connectivity index (χ0v) is 21.3. The van der Waals surface area contributed by atoms with Gasteiger partial charge in [0, 0.05) is 6.08 Å². The fraction of sp³-hybridized carbons (Fsp3) is 0.407. The van der Waals surface area contributed by atoms with E-state index in [4.69, 9.17) is 9.16 Å². The predicted molar refractivity (Wildman–Crippen MR) is 133 cm³/mol. The van der Waals surface area contributed by atoms with Gasteiger partial charge in [0.1, 0.15) is 5.75 Å². The molecule has 170 valence electrons. The summed E-state index contributed by atoms with van der Waals surface area (Å²) < 4.78 is 11.9. The summed E-state index contributed by atoms with van der Waals surface area (Å²) >= 11 is 0. The maximum atomic E-state index is 11.7. The molecule has 0 radical (unpaired) electrons. The van der Waals surface area contributed by atoms with Gasteiger partial charge in [0.15, 0.2) is 0 Å². The van der Waals surface area contributed by atoms with E-state index in [-0.39, 0.29) is 5.97 Å². The van der Waals surface area contributed by atoms with Crippen molar-refractivity contribution < 1.29 is 14.0 Å².